The first-order chi connectivity index (χ1) is 8.65. The standard InChI is InChI=1S/C15H21FN2/c1-10-8-18(9-11(2)17-10)15-7-6-12-13(15)4-3-5-14(12)16/h3-5,10-11,15,17H,6-9H2,1-2H3. The summed E-state index contributed by atoms with van der Waals surface area (Å²) >= 11 is 0. The SMILES string of the molecule is CC1CN(C2CCc3c(F)cccc32)CC(C)N1. The summed E-state index contributed by atoms with van der Waals surface area (Å²) in [5.41, 5.74) is 2.16. The molecule has 0 radical (unpaired) electrons. The molecule has 18 heavy (non-hydrogen) atoms. The number of halogens is 1. The number of piperazine rings is 1. The van der Waals surface area contributed by atoms with Gasteiger partial charge in [-0.2, -0.15) is 0 Å². The molecule has 1 aliphatic carbocycles. The van der Waals surface area contributed by atoms with Gasteiger partial charge in [-0.05, 0) is 43.9 Å². The van der Waals surface area contributed by atoms with Gasteiger partial charge >= 0.3 is 0 Å². The minimum atomic E-state index is -0.0220. The topological polar surface area (TPSA) is 15.3 Å². The highest BCUT2D eigenvalue weighted by molar-refractivity contribution is 5.35. The average molecular weight is 248 g/mol. The van der Waals surface area contributed by atoms with Crippen molar-refractivity contribution in [3.8, 4) is 0 Å². The molecule has 0 saturated carbocycles. The second kappa shape index (κ2) is 4.63. The van der Waals surface area contributed by atoms with Crippen LogP contribution in [0, 0.1) is 5.82 Å². The first-order valence-corrected chi connectivity index (χ1v) is 6.92. The molecular formula is C15H21FN2. The van der Waals surface area contributed by atoms with Crippen LogP contribution in [0.2, 0.25) is 0 Å². The summed E-state index contributed by atoms with van der Waals surface area (Å²) in [6, 6.07) is 7.00. The zero-order valence-electron chi connectivity index (χ0n) is 11.1. The van der Waals surface area contributed by atoms with Crippen LogP contribution in [0.3, 0.4) is 0 Å². The molecule has 0 bridgehead atoms. The first-order valence-electron chi connectivity index (χ1n) is 6.92. The Hall–Kier alpha value is -0.930. The Morgan fingerprint density at radius 2 is 1.94 bits per heavy atom. The third-order valence-electron chi connectivity index (χ3n) is 4.21. The van der Waals surface area contributed by atoms with Crippen LogP contribution in [0.25, 0.3) is 0 Å². The van der Waals surface area contributed by atoms with Crippen molar-refractivity contribution in [2.24, 2.45) is 0 Å². The van der Waals surface area contributed by atoms with E-state index >= 15 is 0 Å². The predicted octanol–water partition coefficient (Wildman–Crippen LogP) is 2.50. The number of hydrogen-bond donors (Lipinski definition) is 1. The van der Waals surface area contributed by atoms with Gasteiger partial charge in [0.2, 0.25) is 0 Å². The molecule has 1 N–H and O–H groups in total. The molecule has 3 atom stereocenters. The second-order valence-electron chi connectivity index (χ2n) is 5.78. The lowest BCUT2D eigenvalue weighted by molar-refractivity contribution is 0.122. The van der Waals surface area contributed by atoms with E-state index in [0.29, 0.717) is 18.1 Å². The van der Waals surface area contributed by atoms with Gasteiger partial charge in [0.15, 0.2) is 0 Å². The zero-order valence-corrected chi connectivity index (χ0v) is 11.1. The van der Waals surface area contributed by atoms with E-state index < -0.39 is 0 Å². The first kappa shape index (κ1) is 12.1. The van der Waals surface area contributed by atoms with Gasteiger partial charge < -0.3 is 5.32 Å². The molecule has 3 rings (SSSR count). The number of nitrogens with one attached hydrogen (secondary N) is 1. The lowest BCUT2D eigenvalue weighted by Gasteiger charge is -2.40. The fourth-order valence-corrected chi connectivity index (χ4v) is 3.59. The quantitative estimate of drug-likeness (QED) is 0.821. The van der Waals surface area contributed by atoms with E-state index in [4.69, 9.17) is 0 Å². The smallest absolute Gasteiger partial charge is 0.126 e. The van der Waals surface area contributed by atoms with Crippen LogP contribution in [-0.2, 0) is 6.42 Å². The van der Waals surface area contributed by atoms with E-state index in [1.165, 1.54) is 5.56 Å². The maximum absolute atomic E-state index is 13.8. The molecule has 1 saturated heterocycles. The van der Waals surface area contributed by atoms with E-state index in [1.54, 1.807) is 6.07 Å². The van der Waals surface area contributed by atoms with Gasteiger partial charge in [0.25, 0.3) is 0 Å². The minimum absolute atomic E-state index is 0.0220. The van der Waals surface area contributed by atoms with Crippen LogP contribution < -0.4 is 5.32 Å². The van der Waals surface area contributed by atoms with Crippen molar-refractivity contribution in [2.75, 3.05) is 13.1 Å². The third kappa shape index (κ3) is 2.06. The van der Waals surface area contributed by atoms with Crippen molar-refractivity contribution in [1.82, 2.24) is 10.2 Å². The summed E-state index contributed by atoms with van der Waals surface area (Å²) in [6.45, 7) is 6.57. The predicted molar refractivity (Wildman–Crippen MR) is 71.1 cm³/mol. The largest absolute Gasteiger partial charge is 0.309 e. The van der Waals surface area contributed by atoms with Gasteiger partial charge in [-0.3, -0.25) is 4.90 Å². The van der Waals surface area contributed by atoms with E-state index in [-0.39, 0.29) is 5.82 Å². The summed E-state index contributed by atoms with van der Waals surface area (Å²) in [5.74, 6) is -0.0220. The van der Waals surface area contributed by atoms with Crippen LogP contribution in [0.4, 0.5) is 4.39 Å². The van der Waals surface area contributed by atoms with E-state index in [0.717, 1.165) is 31.5 Å². The number of hydrogen-bond acceptors (Lipinski definition) is 2. The Morgan fingerprint density at radius 1 is 1.22 bits per heavy atom. The van der Waals surface area contributed by atoms with Crippen LogP contribution >= 0.6 is 0 Å². The van der Waals surface area contributed by atoms with E-state index in [1.807, 2.05) is 6.07 Å². The maximum Gasteiger partial charge on any atom is 0.126 e. The molecule has 0 amide bonds. The van der Waals surface area contributed by atoms with Gasteiger partial charge in [0.05, 0.1) is 0 Å². The number of fused-ring (bicyclic) bond motifs is 1. The second-order valence-corrected chi connectivity index (χ2v) is 5.78. The lowest BCUT2D eigenvalue weighted by Crippen LogP contribution is -2.54. The van der Waals surface area contributed by atoms with Crippen molar-refractivity contribution < 1.29 is 4.39 Å². The number of nitrogens with zero attached hydrogens (tertiary/aromatic N) is 1. The van der Waals surface area contributed by atoms with Crippen molar-refractivity contribution in [3.63, 3.8) is 0 Å². The number of benzene rings is 1. The Balaban J connectivity index is 1.85. The molecule has 98 valence electrons. The van der Waals surface area contributed by atoms with Gasteiger partial charge in [-0.15, -0.1) is 0 Å². The highest BCUT2D eigenvalue weighted by atomic mass is 19.1. The average Bonchev–Trinajstić information content (AvgIpc) is 2.73. The van der Waals surface area contributed by atoms with Crippen LogP contribution in [0.1, 0.15) is 37.4 Å². The zero-order chi connectivity index (χ0) is 12.7. The molecule has 1 heterocycles. The summed E-state index contributed by atoms with van der Waals surface area (Å²) in [7, 11) is 0. The van der Waals surface area contributed by atoms with Gasteiger partial charge in [-0.1, -0.05) is 12.1 Å². The molecule has 0 spiro atoms. The third-order valence-corrected chi connectivity index (χ3v) is 4.21. The van der Waals surface area contributed by atoms with Crippen molar-refractivity contribution >= 4 is 0 Å². The Kier molecular flexibility index (Phi) is 3.12. The van der Waals surface area contributed by atoms with Crippen molar-refractivity contribution in [1.29, 1.82) is 0 Å². The van der Waals surface area contributed by atoms with Crippen LogP contribution in [0.5, 0.6) is 0 Å². The van der Waals surface area contributed by atoms with Gasteiger partial charge in [0, 0.05) is 31.2 Å². The summed E-state index contributed by atoms with van der Waals surface area (Å²) in [4.78, 5) is 2.52. The van der Waals surface area contributed by atoms with Crippen molar-refractivity contribution in [2.45, 2.75) is 44.8 Å². The molecule has 3 heteroatoms. The normalized spacial score (nSPS) is 32.5. The molecule has 2 nitrogen and oxygen atoms in total. The lowest BCUT2D eigenvalue weighted by atomic mass is 10.0. The highest BCUT2D eigenvalue weighted by Gasteiger charge is 2.33. The molecule has 0 aromatic heterocycles. The Labute approximate surface area is 108 Å². The van der Waals surface area contributed by atoms with Gasteiger partial charge in [0.1, 0.15) is 5.82 Å². The maximum atomic E-state index is 13.8. The van der Waals surface area contributed by atoms with E-state index in [9.17, 15) is 4.39 Å². The minimum Gasteiger partial charge on any atom is -0.309 e. The number of rotatable bonds is 1. The molecular weight excluding hydrogens is 227 g/mol. The Morgan fingerprint density at radius 3 is 2.67 bits per heavy atom. The molecule has 3 unspecified atom stereocenters. The fourth-order valence-electron chi connectivity index (χ4n) is 3.59. The fraction of sp³-hybridized carbons (Fsp3) is 0.600. The monoisotopic (exact) mass is 248 g/mol. The molecule has 1 aliphatic heterocycles. The molecule has 2 aliphatic rings. The van der Waals surface area contributed by atoms with Crippen LogP contribution in [-0.4, -0.2) is 30.1 Å². The molecule has 1 aromatic rings. The molecule has 1 fully saturated rings. The highest BCUT2D eigenvalue weighted by Crippen LogP contribution is 2.37. The van der Waals surface area contributed by atoms with Crippen LogP contribution in [0.15, 0.2) is 18.2 Å². The summed E-state index contributed by atoms with van der Waals surface area (Å²) in [6.07, 6.45) is 1.95. The summed E-state index contributed by atoms with van der Waals surface area (Å²) < 4.78 is 13.8. The van der Waals surface area contributed by atoms with E-state index in [2.05, 4.69) is 30.1 Å². The molecule has 1 aromatic carbocycles. The van der Waals surface area contributed by atoms with Gasteiger partial charge in [-0.25, -0.2) is 4.39 Å². The summed E-state index contributed by atoms with van der Waals surface area (Å²) in [5, 5.41) is 3.55. The van der Waals surface area contributed by atoms with Crippen molar-refractivity contribution in [3.05, 3.63) is 35.1 Å². The Bertz CT molecular complexity index is 436.